The highest BCUT2D eigenvalue weighted by molar-refractivity contribution is 5.98. The van der Waals surface area contributed by atoms with E-state index in [0.29, 0.717) is 0 Å². The van der Waals surface area contributed by atoms with Crippen LogP contribution in [-0.2, 0) is 0 Å². The molecule has 0 bridgehead atoms. The van der Waals surface area contributed by atoms with E-state index in [2.05, 4.69) is 4.99 Å². The van der Waals surface area contributed by atoms with Gasteiger partial charge in [0.2, 0.25) is 0 Å². The average molecular weight is 193 g/mol. The molecule has 1 aromatic rings. The molecule has 0 saturated heterocycles. The lowest BCUT2D eigenvalue weighted by molar-refractivity contribution is 0.195. The van der Waals surface area contributed by atoms with Crippen LogP contribution in [0.1, 0.15) is 12.5 Å². The molecule has 0 spiro atoms. The Morgan fingerprint density at radius 1 is 1.21 bits per heavy atom. The summed E-state index contributed by atoms with van der Waals surface area (Å²) in [5.74, 6) is 0. The van der Waals surface area contributed by atoms with Gasteiger partial charge in [-0.05, 0) is 12.5 Å². The minimum absolute atomic E-state index is 0.124. The third kappa shape index (κ3) is 2.94. The Balaban J connectivity index is 2.78. The zero-order valence-corrected chi connectivity index (χ0v) is 8.22. The fourth-order valence-corrected chi connectivity index (χ4v) is 1.17. The smallest absolute Gasteiger partial charge is 0.0963 e. The first kappa shape index (κ1) is 10.9. The molecule has 0 saturated carbocycles. The van der Waals surface area contributed by atoms with Crippen LogP contribution in [0, 0.1) is 0 Å². The van der Waals surface area contributed by atoms with E-state index in [1.165, 1.54) is 0 Å². The fraction of sp³-hybridized carbons (Fsp3) is 0.364. The van der Waals surface area contributed by atoms with E-state index < -0.39 is 6.04 Å². The molecule has 0 aliphatic carbocycles. The summed E-state index contributed by atoms with van der Waals surface area (Å²) in [6, 6.07) is 9.29. The summed E-state index contributed by atoms with van der Waals surface area (Å²) >= 11 is 0. The van der Waals surface area contributed by atoms with Crippen LogP contribution in [0.2, 0.25) is 0 Å². The van der Waals surface area contributed by atoms with Gasteiger partial charge >= 0.3 is 0 Å². The maximum atomic E-state index is 8.85. The largest absolute Gasteiger partial charge is 0.394 e. The van der Waals surface area contributed by atoms with Gasteiger partial charge in [0.05, 0.1) is 19.3 Å². The van der Waals surface area contributed by atoms with Crippen molar-refractivity contribution in [3.05, 3.63) is 35.9 Å². The summed E-state index contributed by atoms with van der Waals surface area (Å²) in [4.78, 5) is 4.20. The van der Waals surface area contributed by atoms with Crippen LogP contribution in [0.15, 0.2) is 35.3 Å². The lowest BCUT2D eigenvalue weighted by Crippen LogP contribution is -2.17. The van der Waals surface area contributed by atoms with Crippen molar-refractivity contribution in [2.45, 2.75) is 13.0 Å². The maximum Gasteiger partial charge on any atom is 0.0963 e. The van der Waals surface area contributed by atoms with Crippen molar-refractivity contribution in [3.63, 3.8) is 0 Å². The van der Waals surface area contributed by atoms with Gasteiger partial charge in [-0.3, -0.25) is 4.99 Å². The van der Waals surface area contributed by atoms with Crippen LogP contribution >= 0.6 is 0 Å². The van der Waals surface area contributed by atoms with Crippen molar-refractivity contribution in [3.8, 4) is 0 Å². The van der Waals surface area contributed by atoms with Crippen LogP contribution < -0.4 is 0 Å². The number of aliphatic hydroxyl groups is 2. The SMILES string of the molecule is CC(=NC(CO)CO)c1ccccc1. The van der Waals surface area contributed by atoms with Gasteiger partial charge in [-0.2, -0.15) is 0 Å². The molecule has 76 valence electrons. The Kier molecular flexibility index (Phi) is 4.29. The monoisotopic (exact) mass is 193 g/mol. The Morgan fingerprint density at radius 2 is 1.79 bits per heavy atom. The molecule has 0 unspecified atom stereocenters. The van der Waals surface area contributed by atoms with Crippen molar-refractivity contribution >= 4 is 5.71 Å². The zero-order chi connectivity index (χ0) is 10.4. The van der Waals surface area contributed by atoms with Gasteiger partial charge < -0.3 is 10.2 Å². The molecule has 0 aliphatic heterocycles. The van der Waals surface area contributed by atoms with E-state index in [0.717, 1.165) is 11.3 Å². The predicted octanol–water partition coefficient (Wildman–Crippen LogP) is 0.849. The molecule has 2 N–H and O–H groups in total. The Hall–Kier alpha value is -1.19. The fourth-order valence-electron chi connectivity index (χ4n) is 1.17. The molecule has 3 heteroatoms. The summed E-state index contributed by atoms with van der Waals surface area (Å²) in [5.41, 5.74) is 1.85. The van der Waals surface area contributed by atoms with Crippen molar-refractivity contribution in [1.82, 2.24) is 0 Å². The van der Waals surface area contributed by atoms with Crippen LogP contribution in [0.3, 0.4) is 0 Å². The Labute approximate surface area is 83.7 Å². The Morgan fingerprint density at radius 3 is 2.29 bits per heavy atom. The van der Waals surface area contributed by atoms with Crippen molar-refractivity contribution in [2.75, 3.05) is 13.2 Å². The molecule has 0 amide bonds. The first-order chi connectivity index (χ1) is 6.77. The van der Waals surface area contributed by atoms with Crippen molar-refractivity contribution < 1.29 is 10.2 Å². The Bertz CT molecular complexity index is 291. The molecule has 0 fully saturated rings. The maximum absolute atomic E-state index is 8.85. The van der Waals surface area contributed by atoms with Gasteiger partial charge in [-0.1, -0.05) is 30.3 Å². The standard InChI is InChI=1S/C11H15NO2/c1-9(12-11(7-13)8-14)10-5-3-2-4-6-10/h2-6,11,13-14H,7-8H2,1H3. The second-order valence-corrected chi connectivity index (χ2v) is 3.10. The predicted molar refractivity (Wildman–Crippen MR) is 56.6 cm³/mol. The van der Waals surface area contributed by atoms with Crippen molar-refractivity contribution in [1.29, 1.82) is 0 Å². The van der Waals surface area contributed by atoms with Gasteiger partial charge in [0.1, 0.15) is 0 Å². The van der Waals surface area contributed by atoms with E-state index in [1.807, 2.05) is 37.3 Å². The van der Waals surface area contributed by atoms with Gasteiger partial charge in [-0.15, -0.1) is 0 Å². The quantitative estimate of drug-likeness (QED) is 0.696. The van der Waals surface area contributed by atoms with Crippen molar-refractivity contribution in [2.24, 2.45) is 4.99 Å². The molecule has 1 rings (SSSR count). The number of benzene rings is 1. The number of rotatable bonds is 4. The lowest BCUT2D eigenvalue weighted by Gasteiger charge is -2.07. The molecular weight excluding hydrogens is 178 g/mol. The summed E-state index contributed by atoms with van der Waals surface area (Å²) in [6.07, 6.45) is 0. The highest BCUT2D eigenvalue weighted by Crippen LogP contribution is 2.02. The summed E-state index contributed by atoms with van der Waals surface area (Å²) in [5, 5.41) is 17.7. The van der Waals surface area contributed by atoms with E-state index in [1.54, 1.807) is 0 Å². The summed E-state index contributed by atoms with van der Waals surface area (Å²) in [6.45, 7) is 1.62. The second-order valence-electron chi connectivity index (χ2n) is 3.10. The number of aliphatic hydroxyl groups excluding tert-OH is 2. The lowest BCUT2D eigenvalue weighted by atomic mass is 10.1. The third-order valence-electron chi connectivity index (χ3n) is 1.99. The molecule has 14 heavy (non-hydrogen) atoms. The summed E-state index contributed by atoms with van der Waals surface area (Å²) < 4.78 is 0. The topological polar surface area (TPSA) is 52.8 Å². The molecule has 3 nitrogen and oxygen atoms in total. The molecular formula is C11H15NO2. The molecule has 0 aliphatic rings. The molecule has 0 atom stereocenters. The van der Waals surface area contributed by atoms with E-state index in [4.69, 9.17) is 10.2 Å². The average Bonchev–Trinajstić information content (AvgIpc) is 2.26. The van der Waals surface area contributed by atoms with Crippen LogP contribution in [0.4, 0.5) is 0 Å². The molecule has 0 heterocycles. The van der Waals surface area contributed by atoms with E-state index >= 15 is 0 Å². The normalized spacial score (nSPS) is 12.1. The zero-order valence-electron chi connectivity index (χ0n) is 8.22. The van der Waals surface area contributed by atoms with Crippen LogP contribution in [0.25, 0.3) is 0 Å². The number of aliphatic imine (C=N–C) groups is 1. The number of hydrogen-bond acceptors (Lipinski definition) is 3. The number of hydrogen-bond donors (Lipinski definition) is 2. The molecule has 0 aromatic heterocycles. The van der Waals surface area contributed by atoms with Gasteiger partial charge in [-0.25, -0.2) is 0 Å². The van der Waals surface area contributed by atoms with Gasteiger partial charge in [0, 0.05) is 5.71 Å². The number of nitrogens with zero attached hydrogens (tertiary/aromatic N) is 1. The van der Waals surface area contributed by atoms with Gasteiger partial charge in [0.15, 0.2) is 0 Å². The summed E-state index contributed by atoms with van der Waals surface area (Å²) in [7, 11) is 0. The van der Waals surface area contributed by atoms with Gasteiger partial charge in [0.25, 0.3) is 0 Å². The minimum Gasteiger partial charge on any atom is -0.394 e. The first-order valence-electron chi connectivity index (χ1n) is 4.59. The third-order valence-corrected chi connectivity index (χ3v) is 1.99. The minimum atomic E-state index is -0.407. The first-order valence-corrected chi connectivity index (χ1v) is 4.59. The van der Waals surface area contributed by atoms with Crippen LogP contribution in [-0.4, -0.2) is 35.2 Å². The van der Waals surface area contributed by atoms with E-state index in [-0.39, 0.29) is 13.2 Å². The molecule has 0 radical (unpaired) electrons. The van der Waals surface area contributed by atoms with E-state index in [9.17, 15) is 0 Å². The second kappa shape index (κ2) is 5.52. The molecule has 1 aromatic carbocycles. The highest BCUT2D eigenvalue weighted by Gasteiger charge is 2.03. The highest BCUT2D eigenvalue weighted by atomic mass is 16.3. The van der Waals surface area contributed by atoms with Crippen LogP contribution in [0.5, 0.6) is 0 Å².